The summed E-state index contributed by atoms with van der Waals surface area (Å²) in [7, 11) is 0. The van der Waals surface area contributed by atoms with Crippen molar-refractivity contribution in [2.75, 3.05) is 5.32 Å². The van der Waals surface area contributed by atoms with Crippen LogP contribution in [-0.4, -0.2) is 20.5 Å². The molecule has 0 spiro atoms. The molecule has 3 aromatic rings. The number of anilines is 2. The highest BCUT2D eigenvalue weighted by Gasteiger charge is 2.20. The van der Waals surface area contributed by atoms with Crippen LogP contribution in [0.2, 0.25) is 0 Å². The second-order valence-electron chi connectivity index (χ2n) is 4.80. The fraction of sp³-hybridized carbons (Fsp3) is 0.0667. The first kappa shape index (κ1) is 14.0. The molecule has 112 valence electrons. The molecule has 2 heterocycles. The molecule has 0 saturated heterocycles. The highest BCUT2D eigenvalue weighted by molar-refractivity contribution is 5.96. The monoisotopic (exact) mass is 303 g/mol. The second kappa shape index (κ2) is 5.10. The predicted octanol–water partition coefficient (Wildman–Crippen LogP) is 3.36. The van der Waals surface area contributed by atoms with Crippen molar-refractivity contribution in [3.05, 3.63) is 59.6 Å². The van der Waals surface area contributed by atoms with E-state index >= 15 is 0 Å². The first-order valence-electron chi connectivity index (χ1n) is 6.39. The van der Waals surface area contributed by atoms with Crippen LogP contribution in [0, 0.1) is 18.6 Å². The zero-order valence-corrected chi connectivity index (χ0v) is 11.5. The summed E-state index contributed by atoms with van der Waals surface area (Å²) < 4.78 is 29.6. The van der Waals surface area contributed by atoms with Crippen molar-refractivity contribution in [1.29, 1.82) is 0 Å². The van der Waals surface area contributed by atoms with Gasteiger partial charge in [-0.05, 0) is 24.6 Å². The number of rotatable bonds is 3. The van der Waals surface area contributed by atoms with Gasteiger partial charge in [0.1, 0.15) is 11.4 Å². The summed E-state index contributed by atoms with van der Waals surface area (Å²) in [6.45, 7) is 1.71. The van der Waals surface area contributed by atoms with E-state index < -0.39 is 17.6 Å². The summed E-state index contributed by atoms with van der Waals surface area (Å²) in [5.41, 5.74) is 0.00513. The molecule has 0 fully saturated rings. The van der Waals surface area contributed by atoms with E-state index in [1.165, 1.54) is 35.1 Å². The number of carboxylic acid groups (broad SMARTS) is 1. The number of nitrogens with zero attached hydrogens (tertiary/aromatic N) is 2. The first-order chi connectivity index (χ1) is 10.5. The Morgan fingerprint density at radius 1 is 1.36 bits per heavy atom. The molecular weight excluding hydrogens is 292 g/mol. The largest absolute Gasteiger partial charge is 0.478 e. The van der Waals surface area contributed by atoms with E-state index in [2.05, 4.69) is 10.3 Å². The Hall–Kier alpha value is -2.96. The van der Waals surface area contributed by atoms with Crippen LogP contribution in [0.15, 0.2) is 36.8 Å². The molecule has 0 atom stereocenters. The molecule has 0 saturated carbocycles. The minimum Gasteiger partial charge on any atom is -0.478 e. The zero-order chi connectivity index (χ0) is 15.9. The van der Waals surface area contributed by atoms with Crippen molar-refractivity contribution in [2.45, 2.75) is 6.92 Å². The summed E-state index contributed by atoms with van der Waals surface area (Å²) in [5.74, 6) is -2.78. The lowest BCUT2D eigenvalue weighted by Crippen LogP contribution is -2.09. The number of hydrogen-bond acceptors (Lipinski definition) is 3. The average Bonchev–Trinajstić information content (AvgIpc) is 2.92. The SMILES string of the molecule is Cc1ccc(Nc2c(C(=O)O)cn3ccnc3c2F)c(F)c1. The lowest BCUT2D eigenvalue weighted by Gasteiger charge is -2.13. The van der Waals surface area contributed by atoms with E-state index in [0.717, 1.165) is 0 Å². The van der Waals surface area contributed by atoms with Crippen molar-refractivity contribution < 1.29 is 18.7 Å². The maximum atomic E-state index is 14.5. The van der Waals surface area contributed by atoms with E-state index in [4.69, 9.17) is 0 Å². The van der Waals surface area contributed by atoms with Crippen LogP contribution in [0.5, 0.6) is 0 Å². The maximum absolute atomic E-state index is 14.5. The minimum atomic E-state index is -1.33. The summed E-state index contributed by atoms with van der Waals surface area (Å²) in [4.78, 5) is 15.2. The number of halogens is 2. The van der Waals surface area contributed by atoms with Gasteiger partial charge >= 0.3 is 5.97 Å². The molecule has 3 rings (SSSR count). The summed E-state index contributed by atoms with van der Waals surface area (Å²) >= 11 is 0. The Balaban J connectivity index is 2.18. The van der Waals surface area contributed by atoms with E-state index in [0.29, 0.717) is 5.56 Å². The van der Waals surface area contributed by atoms with Crippen LogP contribution in [-0.2, 0) is 0 Å². The quantitative estimate of drug-likeness (QED) is 0.778. The Morgan fingerprint density at radius 3 is 2.82 bits per heavy atom. The lowest BCUT2D eigenvalue weighted by molar-refractivity contribution is 0.0697. The molecule has 5 nitrogen and oxygen atoms in total. The second-order valence-corrected chi connectivity index (χ2v) is 4.80. The molecule has 0 unspecified atom stereocenters. The number of benzene rings is 1. The van der Waals surface area contributed by atoms with Gasteiger partial charge in [0.2, 0.25) is 0 Å². The van der Waals surface area contributed by atoms with Crippen LogP contribution >= 0.6 is 0 Å². The third kappa shape index (κ3) is 2.26. The van der Waals surface area contributed by atoms with Gasteiger partial charge in [0.15, 0.2) is 11.5 Å². The molecule has 0 amide bonds. The Bertz CT molecular complexity index is 890. The number of aryl methyl sites for hydroxylation is 1. The van der Waals surface area contributed by atoms with Gasteiger partial charge in [-0.15, -0.1) is 0 Å². The summed E-state index contributed by atoms with van der Waals surface area (Å²) in [5, 5.41) is 11.8. The van der Waals surface area contributed by atoms with Crippen LogP contribution in [0.4, 0.5) is 20.2 Å². The van der Waals surface area contributed by atoms with Gasteiger partial charge in [0, 0.05) is 18.6 Å². The molecule has 0 aliphatic heterocycles. The molecule has 22 heavy (non-hydrogen) atoms. The number of pyridine rings is 1. The standard InChI is InChI=1S/C15H11F2N3O2/c1-8-2-3-11(10(16)6-8)19-13-9(15(21)22)7-20-5-4-18-14(20)12(13)17/h2-7,19H,1H3,(H,21,22). The molecule has 0 aliphatic rings. The van der Waals surface area contributed by atoms with Crippen LogP contribution in [0.3, 0.4) is 0 Å². The molecular formula is C15H11F2N3O2. The van der Waals surface area contributed by atoms with Crippen molar-refractivity contribution in [3.8, 4) is 0 Å². The molecule has 7 heteroatoms. The van der Waals surface area contributed by atoms with Crippen LogP contribution in [0.1, 0.15) is 15.9 Å². The van der Waals surface area contributed by atoms with Gasteiger partial charge in [-0.2, -0.15) is 0 Å². The van der Waals surface area contributed by atoms with Gasteiger partial charge in [0.05, 0.1) is 11.4 Å². The molecule has 0 aliphatic carbocycles. The number of imidazole rings is 1. The average molecular weight is 303 g/mol. The number of carboxylic acids is 1. The number of nitrogens with one attached hydrogen (secondary N) is 1. The molecule has 1 aromatic carbocycles. The van der Waals surface area contributed by atoms with Gasteiger partial charge in [0.25, 0.3) is 0 Å². The smallest absolute Gasteiger partial charge is 0.339 e. The van der Waals surface area contributed by atoms with Gasteiger partial charge in [-0.25, -0.2) is 18.6 Å². The third-order valence-corrected chi connectivity index (χ3v) is 3.24. The summed E-state index contributed by atoms with van der Waals surface area (Å²) in [6.07, 6.45) is 4.00. The maximum Gasteiger partial charge on any atom is 0.339 e. The van der Waals surface area contributed by atoms with Gasteiger partial charge < -0.3 is 14.8 Å². The van der Waals surface area contributed by atoms with Crippen LogP contribution < -0.4 is 5.32 Å². The number of hydrogen-bond donors (Lipinski definition) is 2. The molecule has 2 aromatic heterocycles. The molecule has 2 N–H and O–H groups in total. The first-order valence-corrected chi connectivity index (χ1v) is 6.39. The van der Waals surface area contributed by atoms with Crippen molar-refractivity contribution in [3.63, 3.8) is 0 Å². The fourth-order valence-electron chi connectivity index (χ4n) is 2.16. The fourth-order valence-corrected chi connectivity index (χ4v) is 2.16. The molecule has 0 bridgehead atoms. The number of fused-ring (bicyclic) bond motifs is 1. The summed E-state index contributed by atoms with van der Waals surface area (Å²) in [6, 6.07) is 4.33. The Morgan fingerprint density at radius 2 is 2.14 bits per heavy atom. The third-order valence-electron chi connectivity index (χ3n) is 3.24. The van der Waals surface area contributed by atoms with Crippen molar-refractivity contribution in [1.82, 2.24) is 9.38 Å². The van der Waals surface area contributed by atoms with E-state index in [1.54, 1.807) is 13.0 Å². The lowest BCUT2D eigenvalue weighted by atomic mass is 10.2. The number of carbonyl (C=O) groups is 1. The Kier molecular flexibility index (Phi) is 3.25. The molecule has 0 radical (unpaired) electrons. The van der Waals surface area contributed by atoms with E-state index in [9.17, 15) is 18.7 Å². The number of aromatic carboxylic acids is 1. The highest BCUT2D eigenvalue weighted by Crippen LogP contribution is 2.28. The topological polar surface area (TPSA) is 66.6 Å². The predicted molar refractivity (Wildman–Crippen MR) is 76.5 cm³/mol. The van der Waals surface area contributed by atoms with E-state index in [1.807, 2.05) is 0 Å². The van der Waals surface area contributed by atoms with Crippen molar-refractivity contribution >= 4 is 23.0 Å². The normalized spacial score (nSPS) is 10.9. The Labute approximate surface area is 123 Å². The minimum absolute atomic E-state index is 0.0112. The van der Waals surface area contributed by atoms with Gasteiger partial charge in [-0.1, -0.05) is 6.07 Å². The van der Waals surface area contributed by atoms with Gasteiger partial charge in [-0.3, -0.25) is 0 Å². The van der Waals surface area contributed by atoms with E-state index in [-0.39, 0.29) is 22.6 Å². The highest BCUT2D eigenvalue weighted by atomic mass is 19.1. The number of aromatic nitrogens is 2. The zero-order valence-electron chi connectivity index (χ0n) is 11.5. The van der Waals surface area contributed by atoms with Crippen LogP contribution in [0.25, 0.3) is 5.65 Å². The van der Waals surface area contributed by atoms with Crippen molar-refractivity contribution in [2.24, 2.45) is 0 Å².